The second-order valence-electron chi connectivity index (χ2n) is 9.80. The molecule has 3 heteroatoms. The zero-order valence-corrected chi connectivity index (χ0v) is 22.1. The van der Waals surface area contributed by atoms with Crippen molar-refractivity contribution < 1.29 is 4.79 Å². The topological polar surface area (TPSA) is 53.0 Å². The molecule has 3 nitrogen and oxygen atoms in total. The molecule has 0 fully saturated rings. The second-order valence-corrected chi connectivity index (χ2v) is 9.80. The Morgan fingerprint density at radius 1 is 0.889 bits per heavy atom. The molecule has 0 aliphatic heterocycles. The van der Waals surface area contributed by atoms with E-state index in [4.69, 9.17) is 5.41 Å². The normalized spacial score (nSPS) is 15.2. The van der Waals surface area contributed by atoms with Crippen molar-refractivity contribution >= 4 is 11.6 Å². The van der Waals surface area contributed by atoms with Crippen molar-refractivity contribution in [3.63, 3.8) is 0 Å². The monoisotopic (exact) mass is 478 g/mol. The highest BCUT2D eigenvalue weighted by Crippen LogP contribution is 2.21. The molecule has 1 aliphatic carbocycles. The average molecular weight is 479 g/mol. The lowest BCUT2D eigenvalue weighted by Crippen LogP contribution is -2.38. The first-order valence-electron chi connectivity index (χ1n) is 12.7. The standard InChI is InChI=1S/C24H26N2O.C9H12/c1-17-8-12-19(13-9-17)22(25)16-23(20-14-10-18(2)11-15-20)26-24(27)21-6-4-3-5-7-21;1-7-4-5-8(2)9(3)6-7/h3-10,12-15,18,23,25H,11,16H2,1-2H3,(H,26,27);4-6H,1-3H3. The van der Waals surface area contributed by atoms with Crippen LogP contribution in [0.25, 0.3) is 0 Å². The van der Waals surface area contributed by atoms with Crippen LogP contribution in [0.3, 0.4) is 0 Å². The van der Waals surface area contributed by atoms with Crippen LogP contribution in [0.5, 0.6) is 0 Å². The van der Waals surface area contributed by atoms with E-state index in [0.29, 0.717) is 23.6 Å². The highest BCUT2D eigenvalue weighted by Gasteiger charge is 2.20. The number of carbonyl (C=O) groups excluding carboxylic acids is 1. The number of rotatable bonds is 6. The lowest BCUT2D eigenvalue weighted by atomic mass is 9.90. The summed E-state index contributed by atoms with van der Waals surface area (Å²) in [6.07, 6.45) is 7.87. The van der Waals surface area contributed by atoms with E-state index >= 15 is 0 Å². The molecule has 0 bridgehead atoms. The van der Waals surface area contributed by atoms with Crippen LogP contribution < -0.4 is 5.32 Å². The number of carbonyl (C=O) groups is 1. The molecule has 0 radical (unpaired) electrons. The fraction of sp³-hybridized carbons (Fsp3) is 0.273. The van der Waals surface area contributed by atoms with Crippen LogP contribution in [0.1, 0.15) is 57.9 Å². The van der Waals surface area contributed by atoms with Gasteiger partial charge < -0.3 is 10.7 Å². The summed E-state index contributed by atoms with van der Waals surface area (Å²) in [7, 11) is 0. The maximum absolute atomic E-state index is 12.7. The van der Waals surface area contributed by atoms with Crippen LogP contribution in [0.2, 0.25) is 0 Å². The first-order chi connectivity index (χ1) is 17.2. The van der Waals surface area contributed by atoms with Crippen LogP contribution in [0.15, 0.2) is 96.6 Å². The van der Waals surface area contributed by atoms with Crippen molar-refractivity contribution in [2.75, 3.05) is 0 Å². The molecule has 0 saturated carbocycles. The molecular weight excluding hydrogens is 440 g/mol. The van der Waals surface area contributed by atoms with Crippen LogP contribution >= 0.6 is 0 Å². The molecule has 2 unspecified atom stereocenters. The summed E-state index contributed by atoms with van der Waals surface area (Å²) in [5.41, 5.74) is 8.42. The van der Waals surface area contributed by atoms with Crippen LogP contribution in [-0.4, -0.2) is 17.7 Å². The summed E-state index contributed by atoms with van der Waals surface area (Å²) >= 11 is 0. The highest BCUT2D eigenvalue weighted by molar-refractivity contribution is 6.00. The van der Waals surface area contributed by atoms with Crippen molar-refractivity contribution in [3.8, 4) is 0 Å². The van der Waals surface area contributed by atoms with Crippen molar-refractivity contribution in [1.82, 2.24) is 5.32 Å². The van der Waals surface area contributed by atoms with Crippen LogP contribution in [0.4, 0.5) is 0 Å². The van der Waals surface area contributed by atoms with Gasteiger partial charge in [-0.2, -0.15) is 0 Å². The van der Waals surface area contributed by atoms with Crippen LogP contribution in [-0.2, 0) is 0 Å². The van der Waals surface area contributed by atoms with E-state index in [-0.39, 0.29) is 11.9 Å². The Bertz CT molecular complexity index is 1240. The molecule has 3 aromatic carbocycles. The van der Waals surface area contributed by atoms with E-state index < -0.39 is 0 Å². The maximum atomic E-state index is 12.7. The zero-order valence-electron chi connectivity index (χ0n) is 22.1. The Kier molecular flexibility index (Phi) is 9.58. The smallest absolute Gasteiger partial charge is 0.251 e. The maximum Gasteiger partial charge on any atom is 0.251 e. The fourth-order valence-electron chi connectivity index (χ4n) is 4.05. The van der Waals surface area contributed by atoms with Crippen LogP contribution in [0, 0.1) is 39.0 Å². The van der Waals surface area contributed by atoms with Gasteiger partial charge in [-0.05, 0) is 74.4 Å². The van der Waals surface area contributed by atoms with E-state index in [9.17, 15) is 4.79 Å². The van der Waals surface area contributed by atoms with Gasteiger partial charge in [0.25, 0.3) is 5.91 Å². The highest BCUT2D eigenvalue weighted by atomic mass is 16.1. The predicted molar refractivity (Wildman–Crippen MR) is 152 cm³/mol. The molecule has 1 amide bonds. The molecule has 186 valence electrons. The van der Waals surface area contributed by atoms with E-state index in [1.165, 1.54) is 22.3 Å². The predicted octanol–water partition coefficient (Wildman–Crippen LogP) is 7.69. The Morgan fingerprint density at radius 3 is 2.14 bits per heavy atom. The quantitative estimate of drug-likeness (QED) is 0.351. The molecule has 0 saturated heterocycles. The van der Waals surface area contributed by atoms with Gasteiger partial charge in [0.2, 0.25) is 0 Å². The summed E-state index contributed by atoms with van der Waals surface area (Å²) in [5, 5.41) is 11.7. The molecule has 2 atom stereocenters. The summed E-state index contributed by atoms with van der Waals surface area (Å²) in [4.78, 5) is 12.7. The Labute approximate surface area is 216 Å². The first-order valence-corrected chi connectivity index (χ1v) is 12.7. The molecule has 0 aromatic heterocycles. The number of hydrogen-bond acceptors (Lipinski definition) is 2. The zero-order chi connectivity index (χ0) is 26.1. The van der Waals surface area contributed by atoms with E-state index in [2.05, 4.69) is 69.4 Å². The molecule has 4 rings (SSSR count). The van der Waals surface area contributed by atoms with E-state index in [1.807, 2.05) is 61.5 Å². The molecule has 2 N–H and O–H groups in total. The van der Waals surface area contributed by atoms with Crippen molar-refractivity contribution in [2.45, 2.75) is 53.5 Å². The number of allylic oxidation sites excluding steroid dienone is 2. The minimum absolute atomic E-state index is 0.106. The summed E-state index contributed by atoms with van der Waals surface area (Å²) in [6.45, 7) is 10.6. The number of amides is 1. The van der Waals surface area contributed by atoms with Crippen molar-refractivity contribution in [2.24, 2.45) is 5.92 Å². The Balaban J connectivity index is 0.000000338. The van der Waals surface area contributed by atoms with Gasteiger partial charge in [-0.25, -0.2) is 0 Å². The van der Waals surface area contributed by atoms with Gasteiger partial charge in [0, 0.05) is 17.7 Å². The number of benzene rings is 3. The van der Waals surface area contributed by atoms with Gasteiger partial charge in [0.15, 0.2) is 0 Å². The molecule has 36 heavy (non-hydrogen) atoms. The molecule has 0 heterocycles. The number of nitrogens with one attached hydrogen (secondary N) is 2. The van der Waals surface area contributed by atoms with Gasteiger partial charge in [-0.1, -0.05) is 96.9 Å². The van der Waals surface area contributed by atoms with E-state index in [0.717, 1.165) is 17.6 Å². The van der Waals surface area contributed by atoms with Crippen molar-refractivity contribution in [1.29, 1.82) is 5.41 Å². The Morgan fingerprint density at radius 2 is 1.56 bits per heavy atom. The molecule has 0 spiro atoms. The molecular formula is C33H38N2O. The fourth-order valence-corrected chi connectivity index (χ4v) is 4.05. The third-order valence-corrected chi connectivity index (χ3v) is 6.56. The lowest BCUT2D eigenvalue weighted by molar-refractivity contribution is 0.0944. The number of aryl methyl sites for hydroxylation is 4. The minimum Gasteiger partial charge on any atom is -0.345 e. The summed E-state index contributed by atoms with van der Waals surface area (Å²) < 4.78 is 0. The number of hydrogen-bond donors (Lipinski definition) is 2. The van der Waals surface area contributed by atoms with E-state index in [1.54, 1.807) is 0 Å². The van der Waals surface area contributed by atoms with Gasteiger partial charge in [-0.15, -0.1) is 0 Å². The van der Waals surface area contributed by atoms with Gasteiger partial charge in [0.05, 0.1) is 6.04 Å². The third kappa shape index (κ3) is 7.91. The third-order valence-electron chi connectivity index (χ3n) is 6.56. The summed E-state index contributed by atoms with van der Waals surface area (Å²) in [5.74, 6) is 0.404. The molecule has 3 aromatic rings. The molecule has 1 aliphatic rings. The van der Waals surface area contributed by atoms with Gasteiger partial charge >= 0.3 is 0 Å². The largest absolute Gasteiger partial charge is 0.345 e. The van der Waals surface area contributed by atoms with Crippen molar-refractivity contribution in [3.05, 3.63) is 130 Å². The Hall–Kier alpha value is -3.72. The van der Waals surface area contributed by atoms with Gasteiger partial charge in [-0.3, -0.25) is 4.79 Å². The first kappa shape index (κ1) is 26.9. The summed E-state index contributed by atoms with van der Waals surface area (Å²) in [6, 6.07) is 23.5. The van der Waals surface area contributed by atoms with Gasteiger partial charge in [0.1, 0.15) is 0 Å². The minimum atomic E-state index is -0.213. The second kappa shape index (κ2) is 12.8. The average Bonchev–Trinajstić information content (AvgIpc) is 2.88. The lowest BCUT2D eigenvalue weighted by Gasteiger charge is -2.23. The SMILES string of the molecule is Cc1ccc(C(=N)CC(NC(=O)c2ccccc2)C2=CCC(C)C=C2)cc1.Cc1ccc(C)c(C)c1.